The number of nitrogen functional groups attached to an aromatic ring is 1. The largest absolute Gasteiger partial charge is 0.368 e. The summed E-state index contributed by atoms with van der Waals surface area (Å²) in [4.78, 5) is 3.74. The van der Waals surface area contributed by atoms with E-state index in [1.807, 2.05) is 0 Å². The fraction of sp³-hybridized carbons (Fsp3) is 0.0909. The Morgan fingerprint density at radius 3 is 2.68 bits per heavy atom. The molecule has 0 saturated carbocycles. The lowest BCUT2D eigenvalue weighted by molar-refractivity contribution is 0.483. The van der Waals surface area contributed by atoms with Crippen LogP contribution in [-0.4, -0.2) is 28.8 Å². The SMILES string of the molecule is Cc1cn(N=Cc2ccccc2S(=O)(=O)O)c(N)n1. The molecule has 0 unspecified atom stereocenters. The van der Waals surface area contributed by atoms with Gasteiger partial charge in [-0.25, -0.2) is 9.66 Å². The van der Waals surface area contributed by atoms with Crippen LogP contribution in [0.4, 0.5) is 5.95 Å². The first kappa shape index (κ1) is 13.2. The molecule has 8 heteroatoms. The van der Waals surface area contributed by atoms with Gasteiger partial charge in [-0.3, -0.25) is 4.55 Å². The Hall–Kier alpha value is -2.19. The van der Waals surface area contributed by atoms with Gasteiger partial charge in [0.05, 0.1) is 18.1 Å². The molecule has 1 aromatic carbocycles. The van der Waals surface area contributed by atoms with E-state index in [0.717, 1.165) is 0 Å². The molecule has 1 aromatic heterocycles. The predicted octanol–water partition coefficient (Wildman–Crippen LogP) is 0.903. The summed E-state index contributed by atoms with van der Waals surface area (Å²) in [6.45, 7) is 1.76. The van der Waals surface area contributed by atoms with Crippen LogP contribution in [0.3, 0.4) is 0 Å². The molecule has 7 nitrogen and oxygen atoms in total. The Morgan fingerprint density at radius 1 is 1.42 bits per heavy atom. The summed E-state index contributed by atoms with van der Waals surface area (Å²) in [5, 5.41) is 4.00. The highest BCUT2D eigenvalue weighted by Gasteiger charge is 2.13. The number of nitrogens with zero attached hydrogens (tertiary/aromatic N) is 3. The molecule has 0 atom stereocenters. The summed E-state index contributed by atoms with van der Waals surface area (Å²) >= 11 is 0. The van der Waals surface area contributed by atoms with Gasteiger partial charge in [-0.1, -0.05) is 18.2 Å². The van der Waals surface area contributed by atoms with E-state index in [9.17, 15) is 8.42 Å². The van der Waals surface area contributed by atoms with Crippen LogP contribution in [0.1, 0.15) is 11.3 Å². The van der Waals surface area contributed by atoms with Crippen LogP contribution < -0.4 is 5.73 Å². The number of aromatic nitrogens is 2. The minimum atomic E-state index is -4.29. The van der Waals surface area contributed by atoms with Crippen LogP contribution in [0.15, 0.2) is 40.5 Å². The van der Waals surface area contributed by atoms with Crippen molar-refractivity contribution in [2.45, 2.75) is 11.8 Å². The van der Waals surface area contributed by atoms with E-state index in [0.29, 0.717) is 5.69 Å². The summed E-state index contributed by atoms with van der Waals surface area (Å²) in [6.07, 6.45) is 2.89. The normalized spacial score (nSPS) is 12.1. The summed E-state index contributed by atoms with van der Waals surface area (Å²) in [5.41, 5.74) is 6.55. The number of nitrogens with two attached hydrogens (primary N) is 1. The van der Waals surface area contributed by atoms with Crippen molar-refractivity contribution < 1.29 is 13.0 Å². The second-order valence-electron chi connectivity index (χ2n) is 3.84. The fourth-order valence-corrected chi connectivity index (χ4v) is 2.21. The molecule has 0 saturated heterocycles. The zero-order chi connectivity index (χ0) is 14.0. The second-order valence-corrected chi connectivity index (χ2v) is 5.23. The van der Waals surface area contributed by atoms with Crippen LogP contribution in [0.5, 0.6) is 0 Å². The van der Waals surface area contributed by atoms with Gasteiger partial charge in [0.15, 0.2) is 0 Å². The summed E-state index contributed by atoms with van der Waals surface area (Å²) in [7, 11) is -4.29. The van der Waals surface area contributed by atoms with E-state index in [1.165, 1.54) is 29.1 Å². The lowest BCUT2D eigenvalue weighted by Crippen LogP contribution is -2.03. The monoisotopic (exact) mass is 280 g/mol. The zero-order valence-corrected chi connectivity index (χ0v) is 10.9. The second kappa shape index (κ2) is 4.82. The molecular weight excluding hydrogens is 268 g/mol. The zero-order valence-electron chi connectivity index (χ0n) is 10.1. The summed E-state index contributed by atoms with van der Waals surface area (Å²) in [5.74, 6) is 0.193. The topological polar surface area (TPSA) is 111 Å². The van der Waals surface area contributed by atoms with Crippen LogP contribution in [0, 0.1) is 6.92 Å². The van der Waals surface area contributed by atoms with Crippen molar-refractivity contribution in [3.05, 3.63) is 41.7 Å². The van der Waals surface area contributed by atoms with Crippen molar-refractivity contribution in [3.63, 3.8) is 0 Å². The number of imidazole rings is 1. The first-order valence-corrected chi connectivity index (χ1v) is 6.74. The average molecular weight is 280 g/mol. The molecule has 0 aliphatic heterocycles. The van der Waals surface area contributed by atoms with Crippen molar-refractivity contribution in [3.8, 4) is 0 Å². The maximum Gasteiger partial charge on any atom is 0.295 e. The molecule has 3 N–H and O–H groups in total. The predicted molar refractivity (Wildman–Crippen MR) is 70.6 cm³/mol. The van der Waals surface area contributed by atoms with Gasteiger partial charge in [0.2, 0.25) is 5.95 Å². The first-order valence-electron chi connectivity index (χ1n) is 5.30. The van der Waals surface area contributed by atoms with Crippen molar-refractivity contribution >= 4 is 22.3 Å². The molecule has 0 aliphatic carbocycles. The van der Waals surface area contributed by atoms with Gasteiger partial charge in [0.1, 0.15) is 4.90 Å². The summed E-state index contributed by atoms with van der Waals surface area (Å²) in [6, 6.07) is 5.96. The highest BCUT2D eigenvalue weighted by Crippen LogP contribution is 2.13. The quantitative estimate of drug-likeness (QED) is 0.641. The van der Waals surface area contributed by atoms with Gasteiger partial charge >= 0.3 is 0 Å². The Bertz CT molecular complexity index is 734. The molecule has 0 bridgehead atoms. The lowest BCUT2D eigenvalue weighted by atomic mass is 10.2. The van der Waals surface area contributed by atoms with E-state index in [4.69, 9.17) is 10.3 Å². The summed E-state index contributed by atoms with van der Waals surface area (Å²) < 4.78 is 32.8. The highest BCUT2D eigenvalue weighted by atomic mass is 32.2. The molecule has 2 aromatic rings. The van der Waals surface area contributed by atoms with E-state index < -0.39 is 10.1 Å². The maximum atomic E-state index is 11.2. The van der Waals surface area contributed by atoms with Crippen molar-refractivity contribution in [1.82, 2.24) is 9.66 Å². The van der Waals surface area contributed by atoms with Gasteiger partial charge < -0.3 is 5.73 Å². The molecule has 19 heavy (non-hydrogen) atoms. The molecule has 0 spiro atoms. The van der Waals surface area contributed by atoms with Crippen molar-refractivity contribution in [2.24, 2.45) is 5.10 Å². The van der Waals surface area contributed by atoms with Crippen LogP contribution in [-0.2, 0) is 10.1 Å². The first-order chi connectivity index (χ1) is 8.88. The van der Waals surface area contributed by atoms with Crippen molar-refractivity contribution in [2.75, 3.05) is 5.73 Å². The van der Waals surface area contributed by atoms with Crippen molar-refractivity contribution in [1.29, 1.82) is 0 Å². The molecule has 0 radical (unpaired) electrons. The molecule has 0 aliphatic rings. The third kappa shape index (κ3) is 2.98. The van der Waals surface area contributed by atoms with Gasteiger partial charge in [-0.2, -0.15) is 13.5 Å². The molecule has 1 heterocycles. The smallest absolute Gasteiger partial charge is 0.295 e. The van der Waals surface area contributed by atoms with Gasteiger partial charge in [0.25, 0.3) is 10.1 Å². The number of rotatable bonds is 3. The fourth-order valence-electron chi connectivity index (χ4n) is 1.54. The van der Waals surface area contributed by atoms with Gasteiger partial charge in [-0.15, -0.1) is 0 Å². The van der Waals surface area contributed by atoms with E-state index in [2.05, 4.69) is 10.1 Å². The van der Waals surface area contributed by atoms with Gasteiger partial charge in [0, 0.05) is 5.56 Å². The molecule has 2 rings (SSSR count). The standard InChI is InChI=1S/C11H12N4O3S/c1-8-7-15(11(12)14-8)13-6-9-4-2-3-5-10(9)19(16,17)18/h2-7H,1H3,(H2,12,14)(H,16,17,18). The highest BCUT2D eigenvalue weighted by molar-refractivity contribution is 7.86. The molecule has 0 amide bonds. The Labute approximate surface area is 110 Å². The molecular formula is C11H12N4O3S. The Balaban J connectivity index is 2.42. The Morgan fingerprint density at radius 2 is 2.11 bits per heavy atom. The average Bonchev–Trinajstić information content (AvgIpc) is 2.64. The van der Waals surface area contributed by atoms with Crippen LogP contribution in [0.2, 0.25) is 0 Å². The molecule has 0 fully saturated rings. The maximum absolute atomic E-state index is 11.2. The van der Waals surface area contributed by atoms with E-state index in [1.54, 1.807) is 19.2 Å². The number of hydrogen-bond acceptors (Lipinski definition) is 5. The van der Waals surface area contributed by atoms with E-state index >= 15 is 0 Å². The van der Waals surface area contributed by atoms with E-state index in [-0.39, 0.29) is 16.4 Å². The number of benzene rings is 1. The minimum Gasteiger partial charge on any atom is -0.368 e. The van der Waals surface area contributed by atoms with Crippen LogP contribution in [0.25, 0.3) is 0 Å². The number of hydrogen-bond donors (Lipinski definition) is 2. The Kier molecular flexibility index (Phi) is 3.36. The lowest BCUT2D eigenvalue weighted by Gasteiger charge is -2.01. The third-order valence-electron chi connectivity index (χ3n) is 2.35. The molecule has 100 valence electrons. The third-order valence-corrected chi connectivity index (χ3v) is 3.28. The minimum absolute atomic E-state index is 0.193. The van der Waals surface area contributed by atoms with Crippen LogP contribution >= 0.6 is 0 Å². The van der Waals surface area contributed by atoms with Gasteiger partial charge in [-0.05, 0) is 13.0 Å². The number of anilines is 1. The number of aryl methyl sites for hydroxylation is 1.